The van der Waals surface area contributed by atoms with Gasteiger partial charge in [0.1, 0.15) is 12.4 Å². The van der Waals surface area contributed by atoms with Crippen molar-refractivity contribution in [1.29, 1.82) is 0 Å². The zero-order chi connectivity index (χ0) is 24.2. The van der Waals surface area contributed by atoms with E-state index in [1.807, 2.05) is 47.4 Å². The normalized spacial score (nSPS) is 21.0. The van der Waals surface area contributed by atoms with Gasteiger partial charge in [-0.1, -0.05) is 24.3 Å². The zero-order valence-electron chi connectivity index (χ0n) is 20.4. The van der Waals surface area contributed by atoms with E-state index in [1.165, 1.54) is 18.4 Å². The molecular weight excluding hydrogens is 440 g/mol. The Bertz CT molecular complexity index is 1170. The summed E-state index contributed by atoms with van der Waals surface area (Å²) < 4.78 is 17.0. The van der Waals surface area contributed by atoms with Gasteiger partial charge in [-0.05, 0) is 79.0 Å². The Labute approximate surface area is 206 Å². The number of aromatic nitrogens is 1. The Morgan fingerprint density at radius 3 is 2.69 bits per heavy atom. The highest BCUT2D eigenvalue weighted by atomic mass is 16.5. The minimum Gasteiger partial charge on any atom is -0.497 e. The van der Waals surface area contributed by atoms with E-state index in [2.05, 4.69) is 23.2 Å². The quantitative estimate of drug-likeness (QED) is 0.461. The first kappa shape index (κ1) is 23.2. The monoisotopic (exact) mass is 472 g/mol. The van der Waals surface area contributed by atoms with Crippen LogP contribution in [0, 0.1) is 17.8 Å². The second-order valence-corrected chi connectivity index (χ2v) is 9.47. The maximum Gasteiger partial charge on any atom is 0.257 e. The van der Waals surface area contributed by atoms with Crippen LogP contribution in [0.15, 0.2) is 66.9 Å². The molecule has 2 heterocycles. The van der Waals surface area contributed by atoms with Crippen molar-refractivity contribution in [2.45, 2.75) is 25.9 Å². The highest BCUT2D eigenvalue weighted by Gasteiger charge is 2.44. The number of ether oxygens (including phenoxy) is 3. The van der Waals surface area contributed by atoms with Crippen LogP contribution in [0.4, 0.5) is 0 Å². The van der Waals surface area contributed by atoms with Gasteiger partial charge in [0.05, 0.1) is 25.5 Å². The predicted octanol–water partition coefficient (Wildman–Crippen LogP) is 5.02. The SMILES string of the molecule is COc1cccc(C[C@H]2CC[C@@H]3CN(C(=O)c4cccc(OC)c4OCc4ccccn4)C[C@H]23)c1. The average Bonchev–Trinajstić information content (AvgIpc) is 3.49. The van der Waals surface area contributed by atoms with Crippen LogP contribution in [0.2, 0.25) is 0 Å². The van der Waals surface area contributed by atoms with Crippen molar-refractivity contribution in [2.24, 2.45) is 17.8 Å². The summed E-state index contributed by atoms with van der Waals surface area (Å²) in [7, 11) is 3.30. The molecule has 1 amide bonds. The summed E-state index contributed by atoms with van der Waals surface area (Å²) in [5.41, 5.74) is 2.65. The molecule has 2 aromatic carbocycles. The summed E-state index contributed by atoms with van der Waals surface area (Å²) in [5, 5.41) is 0. The molecule has 6 nitrogen and oxygen atoms in total. The summed E-state index contributed by atoms with van der Waals surface area (Å²) in [6.45, 7) is 1.86. The van der Waals surface area contributed by atoms with Gasteiger partial charge in [-0.15, -0.1) is 0 Å². The molecule has 0 spiro atoms. The standard InChI is InChI=1S/C29H32N2O4/c1-33-24-9-5-7-20(16-24)15-21-12-13-22-17-31(18-26(21)22)29(32)25-10-6-11-27(34-2)28(25)35-19-23-8-3-4-14-30-23/h3-11,14,16,21-22,26H,12-13,15,17-19H2,1-2H3/t21-,22-,26-/m1/s1. The molecule has 1 aliphatic heterocycles. The zero-order valence-corrected chi connectivity index (χ0v) is 20.4. The third-order valence-electron chi connectivity index (χ3n) is 7.44. The molecule has 0 unspecified atom stereocenters. The number of carbonyl (C=O) groups is 1. The number of likely N-dealkylation sites (tertiary alicyclic amines) is 1. The van der Waals surface area contributed by atoms with E-state index in [9.17, 15) is 4.79 Å². The Morgan fingerprint density at radius 2 is 1.89 bits per heavy atom. The molecule has 3 atom stereocenters. The van der Waals surface area contributed by atoms with Gasteiger partial charge in [-0.25, -0.2) is 0 Å². The van der Waals surface area contributed by atoms with Crippen LogP contribution in [0.3, 0.4) is 0 Å². The van der Waals surface area contributed by atoms with Gasteiger partial charge in [0.15, 0.2) is 11.5 Å². The van der Waals surface area contributed by atoms with Gasteiger partial charge in [0, 0.05) is 19.3 Å². The van der Waals surface area contributed by atoms with Crippen molar-refractivity contribution in [3.63, 3.8) is 0 Å². The van der Waals surface area contributed by atoms with E-state index in [1.54, 1.807) is 20.4 Å². The average molecular weight is 473 g/mol. The predicted molar refractivity (Wildman–Crippen MR) is 134 cm³/mol. The van der Waals surface area contributed by atoms with E-state index in [4.69, 9.17) is 14.2 Å². The van der Waals surface area contributed by atoms with Crippen molar-refractivity contribution >= 4 is 5.91 Å². The summed E-state index contributed by atoms with van der Waals surface area (Å²) in [6.07, 6.45) is 5.15. The molecule has 0 radical (unpaired) electrons. The lowest BCUT2D eigenvalue weighted by atomic mass is 9.87. The molecule has 1 aromatic heterocycles. The fourth-order valence-corrected chi connectivity index (χ4v) is 5.69. The highest BCUT2D eigenvalue weighted by Crippen LogP contribution is 2.45. The van der Waals surface area contributed by atoms with Gasteiger partial charge in [-0.3, -0.25) is 9.78 Å². The number of fused-ring (bicyclic) bond motifs is 1. The van der Waals surface area contributed by atoms with Crippen LogP contribution < -0.4 is 14.2 Å². The van der Waals surface area contributed by atoms with Crippen LogP contribution in [0.1, 0.15) is 34.5 Å². The Hall–Kier alpha value is -3.54. The molecule has 2 fully saturated rings. The largest absolute Gasteiger partial charge is 0.497 e. The number of methoxy groups -OCH3 is 2. The number of pyridine rings is 1. The smallest absolute Gasteiger partial charge is 0.257 e. The fourth-order valence-electron chi connectivity index (χ4n) is 5.69. The Morgan fingerprint density at radius 1 is 1.00 bits per heavy atom. The summed E-state index contributed by atoms with van der Waals surface area (Å²) in [4.78, 5) is 20.0. The molecule has 1 aliphatic carbocycles. The number of nitrogens with zero attached hydrogens (tertiary/aromatic N) is 2. The molecule has 5 rings (SSSR count). The molecular formula is C29H32N2O4. The third kappa shape index (κ3) is 4.97. The van der Waals surface area contributed by atoms with Crippen LogP contribution >= 0.6 is 0 Å². The Balaban J connectivity index is 1.30. The molecule has 182 valence electrons. The summed E-state index contributed by atoms with van der Waals surface area (Å²) in [5.74, 6) is 3.60. The van der Waals surface area contributed by atoms with Crippen LogP contribution in [0.5, 0.6) is 17.2 Å². The van der Waals surface area contributed by atoms with Crippen molar-refractivity contribution in [1.82, 2.24) is 9.88 Å². The minimum atomic E-state index is 0.00875. The summed E-state index contributed by atoms with van der Waals surface area (Å²) >= 11 is 0. The van der Waals surface area contributed by atoms with Gasteiger partial charge in [-0.2, -0.15) is 0 Å². The number of rotatable bonds is 8. The lowest BCUT2D eigenvalue weighted by molar-refractivity contribution is 0.0770. The fraction of sp³-hybridized carbons (Fsp3) is 0.379. The molecule has 0 N–H and O–H groups in total. The van der Waals surface area contributed by atoms with E-state index < -0.39 is 0 Å². The highest BCUT2D eigenvalue weighted by molar-refractivity contribution is 5.98. The maximum atomic E-state index is 13.7. The molecule has 1 saturated carbocycles. The second kappa shape index (κ2) is 10.4. The van der Waals surface area contributed by atoms with Crippen molar-refractivity contribution in [2.75, 3.05) is 27.3 Å². The first-order valence-electron chi connectivity index (χ1n) is 12.3. The molecule has 2 aliphatic rings. The minimum absolute atomic E-state index is 0.00875. The van der Waals surface area contributed by atoms with E-state index in [0.717, 1.165) is 31.0 Å². The van der Waals surface area contributed by atoms with Crippen LogP contribution in [0.25, 0.3) is 0 Å². The molecule has 35 heavy (non-hydrogen) atoms. The molecule has 6 heteroatoms. The topological polar surface area (TPSA) is 60.9 Å². The van der Waals surface area contributed by atoms with E-state index >= 15 is 0 Å². The second-order valence-electron chi connectivity index (χ2n) is 9.47. The van der Waals surface area contributed by atoms with Crippen molar-refractivity contribution in [3.8, 4) is 17.2 Å². The lowest BCUT2D eigenvalue weighted by Crippen LogP contribution is -2.31. The first-order valence-corrected chi connectivity index (χ1v) is 12.3. The number of para-hydroxylation sites is 1. The molecule has 1 saturated heterocycles. The number of hydrogen-bond donors (Lipinski definition) is 0. The van der Waals surface area contributed by atoms with Crippen molar-refractivity contribution in [3.05, 3.63) is 83.7 Å². The van der Waals surface area contributed by atoms with Gasteiger partial charge in [0.25, 0.3) is 5.91 Å². The number of amides is 1. The summed E-state index contributed by atoms with van der Waals surface area (Å²) in [6, 6.07) is 19.6. The number of benzene rings is 2. The van der Waals surface area contributed by atoms with Crippen LogP contribution in [-0.2, 0) is 13.0 Å². The molecule has 3 aromatic rings. The van der Waals surface area contributed by atoms with Crippen LogP contribution in [-0.4, -0.2) is 43.1 Å². The maximum absolute atomic E-state index is 13.7. The van der Waals surface area contributed by atoms with E-state index in [0.29, 0.717) is 34.8 Å². The molecule has 0 bridgehead atoms. The Kier molecular flexibility index (Phi) is 6.89. The number of carbonyl (C=O) groups excluding carboxylic acids is 1. The van der Waals surface area contributed by atoms with Crippen molar-refractivity contribution < 1.29 is 19.0 Å². The third-order valence-corrected chi connectivity index (χ3v) is 7.44. The van der Waals surface area contributed by atoms with Gasteiger partial charge in [0.2, 0.25) is 0 Å². The first-order chi connectivity index (χ1) is 17.2. The number of hydrogen-bond acceptors (Lipinski definition) is 5. The van der Waals surface area contributed by atoms with Gasteiger partial charge >= 0.3 is 0 Å². The lowest BCUT2D eigenvalue weighted by Gasteiger charge is -2.22. The van der Waals surface area contributed by atoms with E-state index in [-0.39, 0.29) is 12.5 Å². The van der Waals surface area contributed by atoms with Gasteiger partial charge < -0.3 is 19.1 Å².